The molecule has 6 nitrogen and oxygen atoms in total. The molecule has 2 rings (SSSR count). The van der Waals surface area contributed by atoms with Gasteiger partial charge in [0.2, 0.25) is 0 Å². The molecule has 0 saturated carbocycles. The van der Waals surface area contributed by atoms with E-state index >= 15 is 0 Å². The van der Waals surface area contributed by atoms with Crippen LogP contribution in [0.2, 0.25) is 5.02 Å². The summed E-state index contributed by atoms with van der Waals surface area (Å²) in [7, 11) is -1.56. The maximum absolute atomic E-state index is 13.1. The van der Waals surface area contributed by atoms with E-state index in [1.807, 2.05) is 0 Å². The Hall–Kier alpha value is -2.00. The fourth-order valence-electron chi connectivity index (χ4n) is 2.19. The minimum absolute atomic E-state index is 0.0230. The maximum Gasteiger partial charge on any atom is 0.266 e. The largest absolute Gasteiger partial charge is 0.352 e. The molecule has 0 radical (unpaired) electrons. The van der Waals surface area contributed by atoms with E-state index in [1.54, 1.807) is 12.1 Å². The Bertz CT molecular complexity index is 905. The summed E-state index contributed by atoms with van der Waals surface area (Å²) in [6.07, 6.45) is 0.439. The number of carbonyl (C=O) groups is 1. The summed E-state index contributed by atoms with van der Waals surface area (Å²) >= 11 is 5.96. The lowest BCUT2D eigenvalue weighted by molar-refractivity contribution is -0.0258. The zero-order valence-corrected chi connectivity index (χ0v) is 15.8. The molecule has 0 atom stereocenters. The molecule has 0 bridgehead atoms. The third-order valence-corrected chi connectivity index (χ3v) is 5.82. The molecule has 9 heteroatoms. The molecule has 0 spiro atoms. The van der Waals surface area contributed by atoms with E-state index in [2.05, 4.69) is 5.32 Å². The van der Waals surface area contributed by atoms with Crippen LogP contribution in [-0.2, 0) is 21.3 Å². The van der Waals surface area contributed by atoms with Gasteiger partial charge in [0.15, 0.2) is 0 Å². The molecular formula is C17H18ClFN2O4S. The lowest BCUT2D eigenvalue weighted by atomic mass is 10.1. The van der Waals surface area contributed by atoms with Gasteiger partial charge >= 0.3 is 0 Å². The van der Waals surface area contributed by atoms with Crippen LogP contribution in [0.15, 0.2) is 47.4 Å². The van der Waals surface area contributed by atoms with Crippen LogP contribution < -0.4 is 5.32 Å². The van der Waals surface area contributed by atoms with Gasteiger partial charge in [0.1, 0.15) is 10.7 Å². The Balaban J connectivity index is 2.11. The predicted molar refractivity (Wildman–Crippen MR) is 95.8 cm³/mol. The summed E-state index contributed by atoms with van der Waals surface area (Å²) < 4.78 is 38.5. The summed E-state index contributed by atoms with van der Waals surface area (Å²) in [5, 5.41) is 2.64. The lowest BCUT2D eigenvalue weighted by Crippen LogP contribution is -2.28. The first-order chi connectivity index (χ1) is 12.3. The third kappa shape index (κ3) is 4.79. The van der Waals surface area contributed by atoms with Crippen molar-refractivity contribution in [1.82, 2.24) is 9.79 Å². The molecule has 2 aromatic carbocycles. The van der Waals surface area contributed by atoms with Crippen LogP contribution in [0.4, 0.5) is 4.39 Å². The average molecular weight is 401 g/mol. The van der Waals surface area contributed by atoms with E-state index in [0.717, 1.165) is 5.56 Å². The first-order valence-electron chi connectivity index (χ1n) is 7.61. The minimum Gasteiger partial charge on any atom is -0.352 e. The minimum atomic E-state index is -3.99. The van der Waals surface area contributed by atoms with Crippen molar-refractivity contribution in [3.05, 3.63) is 64.4 Å². The van der Waals surface area contributed by atoms with Crippen molar-refractivity contribution in [2.24, 2.45) is 0 Å². The number of benzene rings is 2. The normalized spacial score (nSPS) is 11.6. The highest BCUT2D eigenvalue weighted by molar-refractivity contribution is 7.89. The average Bonchev–Trinajstić information content (AvgIpc) is 2.61. The summed E-state index contributed by atoms with van der Waals surface area (Å²) in [6.45, 7) is 0.269. The summed E-state index contributed by atoms with van der Waals surface area (Å²) in [5.74, 6) is -0.807. The SMILES string of the molecule is CON(C)S(=O)(=O)c1cc(C(=O)NCCc2cccc(F)c2)ccc1Cl. The zero-order chi connectivity index (χ0) is 19.3. The van der Waals surface area contributed by atoms with Gasteiger partial charge in [-0.3, -0.25) is 9.63 Å². The number of nitrogens with one attached hydrogen (secondary N) is 1. The van der Waals surface area contributed by atoms with Crippen LogP contribution in [0.25, 0.3) is 0 Å². The van der Waals surface area contributed by atoms with E-state index in [-0.39, 0.29) is 27.8 Å². The molecule has 0 unspecified atom stereocenters. The Morgan fingerprint density at radius 3 is 2.65 bits per heavy atom. The highest BCUT2D eigenvalue weighted by Gasteiger charge is 2.25. The lowest BCUT2D eigenvalue weighted by Gasteiger charge is -2.16. The van der Waals surface area contributed by atoms with Crippen molar-refractivity contribution in [2.75, 3.05) is 20.7 Å². The van der Waals surface area contributed by atoms with Gasteiger partial charge in [0, 0.05) is 19.2 Å². The van der Waals surface area contributed by atoms with E-state index in [1.165, 1.54) is 44.5 Å². The van der Waals surface area contributed by atoms with Crippen LogP contribution in [-0.4, -0.2) is 39.5 Å². The van der Waals surface area contributed by atoms with Gasteiger partial charge in [-0.2, -0.15) is 0 Å². The van der Waals surface area contributed by atoms with Crippen molar-refractivity contribution in [2.45, 2.75) is 11.3 Å². The monoisotopic (exact) mass is 400 g/mol. The highest BCUT2D eigenvalue weighted by atomic mass is 35.5. The second kappa shape index (κ2) is 8.59. The number of halogens is 2. The molecule has 26 heavy (non-hydrogen) atoms. The standard InChI is InChI=1S/C17H18ClFN2O4S/c1-21(25-2)26(23,24)16-11-13(6-7-15(16)18)17(22)20-9-8-12-4-3-5-14(19)10-12/h3-7,10-11H,8-9H2,1-2H3,(H,20,22). The molecule has 1 N–H and O–H groups in total. The van der Waals surface area contributed by atoms with Gasteiger partial charge in [-0.25, -0.2) is 12.8 Å². The molecule has 0 saturated heterocycles. The number of carbonyl (C=O) groups excluding carboxylic acids is 1. The van der Waals surface area contributed by atoms with Gasteiger partial charge in [0.05, 0.1) is 12.1 Å². The Morgan fingerprint density at radius 1 is 1.27 bits per heavy atom. The summed E-state index contributed by atoms with van der Waals surface area (Å²) in [4.78, 5) is 16.7. The summed E-state index contributed by atoms with van der Waals surface area (Å²) in [5.41, 5.74) is 0.878. The number of hydrogen-bond acceptors (Lipinski definition) is 4. The Morgan fingerprint density at radius 2 is 2.00 bits per heavy atom. The molecule has 0 aliphatic heterocycles. The molecular weight excluding hydrogens is 383 g/mol. The molecule has 0 aliphatic carbocycles. The number of hydrogen-bond donors (Lipinski definition) is 1. The van der Waals surface area contributed by atoms with E-state index in [0.29, 0.717) is 10.9 Å². The second-order valence-electron chi connectivity index (χ2n) is 5.38. The van der Waals surface area contributed by atoms with Crippen LogP contribution in [0.5, 0.6) is 0 Å². The number of amides is 1. The number of nitrogens with zero attached hydrogens (tertiary/aromatic N) is 1. The van der Waals surface area contributed by atoms with Crippen LogP contribution in [0.1, 0.15) is 15.9 Å². The Labute approximate surface area is 156 Å². The molecule has 0 fully saturated rings. The van der Waals surface area contributed by atoms with Gasteiger partial charge in [0.25, 0.3) is 15.9 Å². The smallest absolute Gasteiger partial charge is 0.266 e. The zero-order valence-electron chi connectivity index (χ0n) is 14.2. The van der Waals surface area contributed by atoms with E-state index < -0.39 is 15.9 Å². The molecule has 0 aromatic heterocycles. The Kier molecular flexibility index (Phi) is 6.71. The number of sulfonamides is 1. The first-order valence-corrected chi connectivity index (χ1v) is 9.42. The van der Waals surface area contributed by atoms with Gasteiger partial charge in [-0.15, -0.1) is 0 Å². The summed E-state index contributed by atoms with van der Waals surface area (Å²) in [6, 6.07) is 10.0. The van der Waals surface area contributed by atoms with Gasteiger partial charge in [-0.05, 0) is 42.3 Å². The van der Waals surface area contributed by atoms with Gasteiger partial charge in [-0.1, -0.05) is 28.2 Å². The van der Waals surface area contributed by atoms with Crippen molar-refractivity contribution in [3.8, 4) is 0 Å². The molecule has 0 heterocycles. The van der Waals surface area contributed by atoms with Crippen LogP contribution in [0, 0.1) is 5.82 Å². The molecule has 2 aromatic rings. The number of hydroxylamine groups is 1. The van der Waals surface area contributed by atoms with E-state index in [4.69, 9.17) is 16.4 Å². The van der Waals surface area contributed by atoms with Crippen LogP contribution >= 0.6 is 11.6 Å². The fraction of sp³-hybridized carbons (Fsp3) is 0.235. The highest BCUT2D eigenvalue weighted by Crippen LogP contribution is 2.25. The van der Waals surface area contributed by atoms with Crippen molar-refractivity contribution >= 4 is 27.5 Å². The maximum atomic E-state index is 13.1. The van der Waals surface area contributed by atoms with Gasteiger partial charge < -0.3 is 5.32 Å². The topological polar surface area (TPSA) is 75.7 Å². The van der Waals surface area contributed by atoms with Crippen molar-refractivity contribution in [1.29, 1.82) is 0 Å². The van der Waals surface area contributed by atoms with Crippen molar-refractivity contribution < 1.29 is 22.4 Å². The fourth-order valence-corrected chi connectivity index (χ4v) is 3.67. The quantitative estimate of drug-likeness (QED) is 0.725. The van der Waals surface area contributed by atoms with E-state index in [9.17, 15) is 17.6 Å². The molecule has 140 valence electrons. The van der Waals surface area contributed by atoms with Crippen molar-refractivity contribution in [3.63, 3.8) is 0 Å². The number of rotatable bonds is 7. The predicted octanol–water partition coefficient (Wildman–Crippen LogP) is 2.63. The van der Waals surface area contributed by atoms with Crippen LogP contribution in [0.3, 0.4) is 0 Å². The molecule has 0 aliphatic rings. The molecule has 1 amide bonds. The third-order valence-electron chi connectivity index (χ3n) is 3.66. The second-order valence-corrected chi connectivity index (χ2v) is 7.69. The first kappa shape index (κ1) is 20.3.